The third-order valence-corrected chi connectivity index (χ3v) is 2.70. The maximum Gasteiger partial charge on any atom is 0.419 e. The number of hydrogen-bond acceptors (Lipinski definition) is 5. The van der Waals surface area contributed by atoms with Gasteiger partial charge in [-0.2, -0.15) is 0 Å². The van der Waals surface area contributed by atoms with E-state index in [1.807, 2.05) is 20.8 Å². The number of aromatic nitrogens is 2. The summed E-state index contributed by atoms with van der Waals surface area (Å²) in [4.78, 5) is 15.9. The molecule has 1 N–H and O–H groups in total. The zero-order chi connectivity index (χ0) is 13.9. The van der Waals surface area contributed by atoms with Crippen LogP contribution in [-0.2, 0) is 4.74 Å². The number of ether oxygens (including phenoxy) is 2. The van der Waals surface area contributed by atoms with Crippen molar-refractivity contribution in [2.24, 2.45) is 0 Å². The molecule has 0 aromatic carbocycles. The summed E-state index contributed by atoms with van der Waals surface area (Å²) < 4.78 is 12.3. The quantitative estimate of drug-likeness (QED) is 0.885. The molecule has 6 heteroatoms. The Morgan fingerprint density at radius 2 is 2.32 bits per heavy atom. The standard InChI is InChI=1S/C13H21N3O3/c1-13(2,3)19-12(17)16-8-11(15-9-16)18-10-5-4-6-14-7-10/h8-10,14H,4-7H2,1-3H3. The Morgan fingerprint density at radius 1 is 1.53 bits per heavy atom. The van der Waals surface area contributed by atoms with Crippen LogP contribution in [0.1, 0.15) is 33.6 Å². The van der Waals surface area contributed by atoms with E-state index in [1.54, 1.807) is 6.20 Å². The molecule has 19 heavy (non-hydrogen) atoms. The molecule has 2 heterocycles. The first kappa shape index (κ1) is 13.9. The van der Waals surface area contributed by atoms with E-state index >= 15 is 0 Å². The minimum absolute atomic E-state index is 0.121. The lowest BCUT2D eigenvalue weighted by atomic mass is 10.1. The van der Waals surface area contributed by atoms with Crippen LogP contribution in [0.25, 0.3) is 0 Å². The van der Waals surface area contributed by atoms with Crippen LogP contribution in [0.3, 0.4) is 0 Å². The number of nitrogens with one attached hydrogen (secondary N) is 1. The lowest BCUT2D eigenvalue weighted by Crippen LogP contribution is -2.37. The second kappa shape index (κ2) is 5.61. The van der Waals surface area contributed by atoms with Gasteiger partial charge in [-0.3, -0.25) is 0 Å². The van der Waals surface area contributed by atoms with Crippen molar-refractivity contribution in [2.75, 3.05) is 13.1 Å². The number of carbonyl (C=O) groups is 1. The molecule has 6 nitrogen and oxygen atoms in total. The highest BCUT2D eigenvalue weighted by Gasteiger charge is 2.20. The summed E-state index contributed by atoms with van der Waals surface area (Å²) in [5.41, 5.74) is -0.518. The van der Waals surface area contributed by atoms with Crippen LogP contribution in [0.5, 0.6) is 5.88 Å². The van der Waals surface area contributed by atoms with Crippen LogP contribution in [0.15, 0.2) is 12.5 Å². The highest BCUT2D eigenvalue weighted by molar-refractivity contribution is 5.70. The molecule has 0 spiro atoms. The smallest absolute Gasteiger partial charge is 0.419 e. The number of imidazole rings is 1. The molecule has 0 bridgehead atoms. The Morgan fingerprint density at radius 3 is 2.95 bits per heavy atom. The van der Waals surface area contributed by atoms with E-state index in [-0.39, 0.29) is 6.10 Å². The Hall–Kier alpha value is -1.56. The van der Waals surface area contributed by atoms with E-state index in [1.165, 1.54) is 10.9 Å². The number of rotatable bonds is 2. The molecule has 1 fully saturated rings. The van der Waals surface area contributed by atoms with E-state index in [4.69, 9.17) is 9.47 Å². The first-order valence-corrected chi connectivity index (χ1v) is 6.59. The third-order valence-electron chi connectivity index (χ3n) is 2.70. The Labute approximate surface area is 113 Å². The van der Waals surface area contributed by atoms with Crippen molar-refractivity contribution in [3.05, 3.63) is 12.5 Å². The molecule has 1 saturated heterocycles. The van der Waals surface area contributed by atoms with E-state index in [0.29, 0.717) is 5.88 Å². The summed E-state index contributed by atoms with van der Waals surface area (Å²) in [6.45, 7) is 7.33. The van der Waals surface area contributed by atoms with Gasteiger partial charge in [0.25, 0.3) is 0 Å². The lowest BCUT2D eigenvalue weighted by Gasteiger charge is -2.22. The van der Waals surface area contributed by atoms with Gasteiger partial charge in [-0.05, 0) is 40.2 Å². The molecule has 1 unspecified atom stereocenters. The average Bonchev–Trinajstić information content (AvgIpc) is 2.77. The summed E-state index contributed by atoms with van der Waals surface area (Å²) in [6, 6.07) is 0. The molecular weight excluding hydrogens is 246 g/mol. The topological polar surface area (TPSA) is 65.4 Å². The van der Waals surface area contributed by atoms with Crippen LogP contribution < -0.4 is 10.1 Å². The van der Waals surface area contributed by atoms with Crippen molar-refractivity contribution in [1.29, 1.82) is 0 Å². The molecule has 1 aliphatic heterocycles. The van der Waals surface area contributed by atoms with Crippen molar-refractivity contribution >= 4 is 6.09 Å². The molecule has 1 aromatic heterocycles. The van der Waals surface area contributed by atoms with Crippen molar-refractivity contribution in [3.8, 4) is 5.88 Å². The van der Waals surface area contributed by atoms with Crippen LogP contribution in [0, 0.1) is 0 Å². The summed E-state index contributed by atoms with van der Waals surface area (Å²) >= 11 is 0. The van der Waals surface area contributed by atoms with E-state index < -0.39 is 11.7 Å². The number of piperidine rings is 1. The van der Waals surface area contributed by atoms with Gasteiger partial charge in [0.1, 0.15) is 18.0 Å². The van der Waals surface area contributed by atoms with Crippen LogP contribution >= 0.6 is 0 Å². The fourth-order valence-electron chi connectivity index (χ4n) is 1.87. The summed E-state index contributed by atoms with van der Waals surface area (Å²) in [5, 5.41) is 3.26. The Balaban J connectivity index is 1.92. The Bertz CT molecular complexity index is 431. The summed E-state index contributed by atoms with van der Waals surface area (Å²) in [5.74, 6) is 0.458. The Kier molecular flexibility index (Phi) is 4.09. The van der Waals surface area contributed by atoms with Gasteiger partial charge in [0.05, 0.1) is 6.20 Å². The molecular formula is C13H21N3O3. The molecule has 106 valence electrons. The second-order valence-corrected chi connectivity index (χ2v) is 5.69. The first-order valence-electron chi connectivity index (χ1n) is 6.59. The van der Waals surface area contributed by atoms with Crippen LogP contribution in [-0.4, -0.2) is 40.4 Å². The van der Waals surface area contributed by atoms with Crippen molar-refractivity contribution < 1.29 is 14.3 Å². The van der Waals surface area contributed by atoms with Gasteiger partial charge in [0.2, 0.25) is 5.88 Å². The molecule has 0 amide bonds. The van der Waals surface area contributed by atoms with Gasteiger partial charge in [-0.25, -0.2) is 14.3 Å². The fourth-order valence-corrected chi connectivity index (χ4v) is 1.87. The van der Waals surface area contributed by atoms with E-state index in [0.717, 1.165) is 25.9 Å². The maximum atomic E-state index is 11.8. The highest BCUT2D eigenvalue weighted by atomic mass is 16.6. The predicted octanol–water partition coefficient (Wildman–Crippen LogP) is 1.80. The molecule has 1 aliphatic rings. The molecule has 1 atom stereocenters. The second-order valence-electron chi connectivity index (χ2n) is 5.69. The molecule has 0 saturated carbocycles. The predicted molar refractivity (Wildman–Crippen MR) is 70.4 cm³/mol. The first-order chi connectivity index (χ1) is 8.94. The molecule has 2 rings (SSSR count). The number of hydrogen-bond donors (Lipinski definition) is 1. The molecule has 1 aromatic rings. The van der Waals surface area contributed by atoms with Crippen LogP contribution in [0.2, 0.25) is 0 Å². The zero-order valence-electron chi connectivity index (χ0n) is 11.7. The van der Waals surface area contributed by atoms with E-state index in [9.17, 15) is 4.79 Å². The maximum absolute atomic E-state index is 11.8. The minimum atomic E-state index is -0.518. The van der Waals surface area contributed by atoms with Gasteiger partial charge in [-0.1, -0.05) is 0 Å². The van der Waals surface area contributed by atoms with Crippen molar-refractivity contribution in [1.82, 2.24) is 14.9 Å². The van der Waals surface area contributed by atoms with E-state index in [2.05, 4.69) is 10.3 Å². The molecule has 0 aliphatic carbocycles. The van der Waals surface area contributed by atoms with Gasteiger partial charge in [0.15, 0.2) is 0 Å². The number of carbonyl (C=O) groups excluding carboxylic acids is 1. The number of nitrogens with zero attached hydrogens (tertiary/aromatic N) is 2. The average molecular weight is 267 g/mol. The highest BCUT2D eigenvalue weighted by Crippen LogP contribution is 2.15. The van der Waals surface area contributed by atoms with Gasteiger partial charge in [0, 0.05) is 6.54 Å². The lowest BCUT2D eigenvalue weighted by molar-refractivity contribution is 0.0535. The zero-order valence-corrected chi connectivity index (χ0v) is 11.7. The van der Waals surface area contributed by atoms with Gasteiger partial charge >= 0.3 is 6.09 Å². The SMILES string of the molecule is CC(C)(C)OC(=O)n1cnc(OC2CCCNC2)c1. The summed E-state index contributed by atoms with van der Waals surface area (Å²) in [7, 11) is 0. The monoisotopic (exact) mass is 267 g/mol. The largest absolute Gasteiger partial charge is 0.472 e. The third kappa shape index (κ3) is 4.24. The van der Waals surface area contributed by atoms with Crippen LogP contribution in [0.4, 0.5) is 4.79 Å². The minimum Gasteiger partial charge on any atom is -0.472 e. The fraction of sp³-hybridized carbons (Fsp3) is 0.692. The molecule has 0 radical (unpaired) electrons. The van der Waals surface area contributed by atoms with Crippen molar-refractivity contribution in [3.63, 3.8) is 0 Å². The van der Waals surface area contributed by atoms with Gasteiger partial charge < -0.3 is 14.8 Å². The summed E-state index contributed by atoms with van der Waals surface area (Å²) in [6.07, 6.45) is 4.75. The van der Waals surface area contributed by atoms with Gasteiger partial charge in [-0.15, -0.1) is 0 Å². The normalized spacial score (nSPS) is 20.1. The van der Waals surface area contributed by atoms with Crippen molar-refractivity contribution in [2.45, 2.75) is 45.3 Å².